The lowest BCUT2D eigenvalue weighted by atomic mass is 10.0. The van der Waals surface area contributed by atoms with Gasteiger partial charge in [-0.05, 0) is 19.3 Å². The molecule has 0 aliphatic carbocycles. The summed E-state index contributed by atoms with van der Waals surface area (Å²) in [5.74, 6) is 0. The summed E-state index contributed by atoms with van der Waals surface area (Å²) in [6.07, 6.45) is 6.34. The third-order valence-electron chi connectivity index (χ3n) is 3.10. The van der Waals surface area contributed by atoms with Crippen LogP contribution in [0.3, 0.4) is 0 Å². The van der Waals surface area contributed by atoms with E-state index in [1.165, 1.54) is 12.1 Å². The highest BCUT2D eigenvalue weighted by Gasteiger charge is 2.21. The lowest BCUT2D eigenvalue weighted by Gasteiger charge is -2.13. The van der Waals surface area contributed by atoms with Gasteiger partial charge < -0.3 is 10.3 Å². The van der Waals surface area contributed by atoms with Gasteiger partial charge in [0.1, 0.15) is 0 Å². The number of fused-ring (bicyclic) bond motifs is 1. The zero-order chi connectivity index (χ0) is 10.8. The number of aromatic nitrogens is 2. The monoisotopic (exact) mass is 205 g/mol. The molecular weight excluding hydrogens is 186 g/mol. The molecule has 3 heteroatoms. The molecule has 82 valence electrons. The summed E-state index contributed by atoms with van der Waals surface area (Å²) in [4.78, 5) is 4.42. The molecule has 1 aromatic rings. The maximum absolute atomic E-state index is 6.17. The molecule has 2 heterocycles. The third-order valence-corrected chi connectivity index (χ3v) is 3.10. The SMILES string of the molecule is C=C(CCC)C(N)c1ncn2c1CCC2. The second-order valence-electron chi connectivity index (χ2n) is 4.26. The lowest BCUT2D eigenvalue weighted by Crippen LogP contribution is -2.15. The average molecular weight is 205 g/mol. The molecule has 0 saturated heterocycles. The molecule has 0 aromatic carbocycles. The van der Waals surface area contributed by atoms with E-state index in [9.17, 15) is 0 Å². The van der Waals surface area contributed by atoms with Gasteiger partial charge in [0, 0.05) is 12.2 Å². The standard InChI is InChI=1S/C12H19N3/c1-3-5-9(2)11(13)12-10-6-4-7-15(10)8-14-12/h8,11H,2-7,13H2,1H3. The molecule has 1 aromatic heterocycles. The van der Waals surface area contributed by atoms with Crippen LogP contribution in [0.4, 0.5) is 0 Å². The molecule has 0 bridgehead atoms. The van der Waals surface area contributed by atoms with E-state index < -0.39 is 0 Å². The number of nitrogens with zero attached hydrogens (tertiary/aromatic N) is 2. The smallest absolute Gasteiger partial charge is 0.0952 e. The van der Waals surface area contributed by atoms with E-state index in [1.807, 2.05) is 6.33 Å². The van der Waals surface area contributed by atoms with Crippen molar-refractivity contribution in [1.29, 1.82) is 0 Å². The van der Waals surface area contributed by atoms with Gasteiger partial charge >= 0.3 is 0 Å². The van der Waals surface area contributed by atoms with Crippen molar-refractivity contribution >= 4 is 0 Å². The van der Waals surface area contributed by atoms with Crippen LogP contribution >= 0.6 is 0 Å². The Morgan fingerprint density at radius 1 is 1.73 bits per heavy atom. The Kier molecular flexibility index (Phi) is 2.91. The van der Waals surface area contributed by atoms with E-state index in [1.54, 1.807) is 0 Å². The number of hydrogen-bond acceptors (Lipinski definition) is 2. The molecule has 0 spiro atoms. The third kappa shape index (κ3) is 1.84. The van der Waals surface area contributed by atoms with E-state index in [0.29, 0.717) is 0 Å². The first-order valence-electron chi connectivity index (χ1n) is 5.71. The maximum atomic E-state index is 6.17. The topological polar surface area (TPSA) is 43.8 Å². The first kappa shape index (κ1) is 10.4. The fraction of sp³-hybridized carbons (Fsp3) is 0.583. The molecule has 0 saturated carbocycles. The summed E-state index contributed by atoms with van der Waals surface area (Å²) in [6, 6.07) is -0.0701. The van der Waals surface area contributed by atoms with Gasteiger partial charge in [-0.1, -0.05) is 25.5 Å². The molecule has 3 nitrogen and oxygen atoms in total. The Hall–Kier alpha value is -1.09. The number of nitrogens with two attached hydrogens (primary N) is 1. The molecular formula is C12H19N3. The van der Waals surface area contributed by atoms with Crippen molar-refractivity contribution in [2.45, 2.75) is 45.2 Å². The quantitative estimate of drug-likeness (QED) is 0.766. The van der Waals surface area contributed by atoms with Crippen molar-refractivity contribution in [3.05, 3.63) is 29.9 Å². The summed E-state index contributed by atoms with van der Waals surface area (Å²) in [7, 11) is 0. The minimum atomic E-state index is -0.0701. The van der Waals surface area contributed by atoms with Crippen LogP contribution in [0, 0.1) is 0 Å². The molecule has 2 rings (SSSR count). The fourth-order valence-electron chi connectivity index (χ4n) is 2.23. The number of rotatable bonds is 4. The molecule has 0 radical (unpaired) electrons. The Balaban J connectivity index is 2.18. The highest BCUT2D eigenvalue weighted by molar-refractivity contribution is 5.26. The second kappa shape index (κ2) is 4.19. The molecule has 1 aliphatic rings. The van der Waals surface area contributed by atoms with Gasteiger partial charge in [0.25, 0.3) is 0 Å². The van der Waals surface area contributed by atoms with Crippen molar-refractivity contribution in [2.75, 3.05) is 0 Å². The summed E-state index contributed by atoms with van der Waals surface area (Å²) in [5.41, 5.74) is 9.64. The summed E-state index contributed by atoms with van der Waals surface area (Å²) in [6.45, 7) is 7.29. The second-order valence-corrected chi connectivity index (χ2v) is 4.26. The van der Waals surface area contributed by atoms with Crippen molar-refractivity contribution < 1.29 is 0 Å². The van der Waals surface area contributed by atoms with Crippen LogP contribution in [0.25, 0.3) is 0 Å². The average Bonchev–Trinajstić information content (AvgIpc) is 2.77. The first-order valence-corrected chi connectivity index (χ1v) is 5.71. The van der Waals surface area contributed by atoms with Gasteiger partial charge in [0.05, 0.1) is 18.1 Å². The van der Waals surface area contributed by atoms with Gasteiger partial charge in [0.15, 0.2) is 0 Å². The molecule has 15 heavy (non-hydrogen) atoms. The van der Waals surface area contributed by atoms with Crippen LogP contribution in [0.15, 0.2) is 18.5 Å². The van der Waals surface area contributed by atoms with Crippen molar-refractivity contribution in [3.8, 4) is 0 Å². The predicted molar refractivity (Wildman–Crippen MR) is 61.5 cm³/mol. The zero-order valence-corrected chi connectivity index (χ0v) is 9.37. The molecule has 0 amide bonds. The van der Waals surface area contributed by atoms with Gasteiger partial charge in [-0.3, -0.25) is 0 Å². The van der Waals surface area contributed by atoms with E-state index >= 15 is 0 Å². The van der Waals surface area contributed by atoms with E-state index in [-0.39, 0.29) is 6.04 Å². The highest BCUT2D eigenvalue weighted by Crippen LogP contribution is 2.26. The largest absolute Gasteiger partial charge is 0.334 e. The predicted octanol–water partition coefficient (Wildman–Crippen LogP) is 2.19. The lowest BCUT2D eigenvalue weighted by molar-refractivity contribution is 0.732. The minimum Gasteiger partial charge on any atom is -0.334 e. The number of imidazole rings is 1. The minimum absolute atomic E-state index is 0.0701. The van der Waals surface area contributed by atoms with E-state index in [2.05, 4.69) is 23.1 Å². The van der Waals surface area contributed by atoms with Crippen LogP contribution in [0.1, 0.15) is 43.6 Å². The summed E-state index contributed by atoms with van der Waals surface area (Å²) < 4.78 is 2.22. The van der Waals surface area contributed by atoms with Crippen molar-refractivity contribution in [2.24, 2.45) is 5.73 Å². The maximum Gasteiger partial charge on any atom is 0.0952 e. The number of aryl methyl sites for hydroxylation is 1. The van der Waals surface area contributed by atoms with Gasteiger partial charge in [0.2, 0.25) is 0 Å². The fourth-order valence-corrected chi connectivity index (χ4v) is 2.23. The van der Waals surface area contributed by atoms with Gasteiger partial charge in [-0.15, -0.1) is 0 Å². The molecule has 1 aliphatic heterocycles. The van der Waals surface area contributed by atoms with Crippen LogP contribution < -0.4 is 5.73 Å². The molecule has 0 fully saturated rings. The normalized spacial score (nSPS) is 16.4. The summed E-state index contributed by atoms with van der Waals surface area (Å²) >= 11 is 0. The Labute approximate surface area is 91.0 Å². The van der Waals surface area contributed by atoms with Crippen LogP contribution in [-0.4, -0.2) is 9.55 Å². The van der Waals surface area contributed by atoms with Crippen LogP contribution in [0.2, 0.25) is 0 Å². The van der Waals surface area contributed by atoms with Gasteiger partial charge in [-0.25, -0.2) is 4.98 Å². The van der Waals surface area contributed by atoms with Crippen LogP contribution in [-0.2, 0) is 13.0 Å². The van der Waals surface area contributed by atoms with Crippen molar-refractivity contribution in [1.82, 2.24) is 9.55 Å². The van der Waals surface area contributed by atoms with E-state index in [4.69, 9.17) is 5.73 Å². The first-order chi connectivity index (χ1) is 7.24. The zero-order valence-electron chi connectivity index (χ0n) is 9.37. The highest BCUT2D eigenvalue weighted by atomic mass is 15.1. The van der Waals surface area contributed by atoms with Crippen LogP contribution in [0.5, 0.6) is 0 Å². The molecule has 1 atom stereocenters. The van der Waals surface area contributed by atoms with Crippen molar-refractivity contribution in [3.63, 3.8) is 0 Å². The van der Waals surface area contributed by atoms with Gasteiger partial charge in [-0.2, -0.15) is 0 Å². The number of hydrogen-bond donors (Lipinski definition) is 1. The van der Waals surface area contributed by atoms with E-state index in [0.717, 1.165) is 37.1 Å². The summed E-state index contributed by atoms with van der Waals surface area (Å²) in [5, 5.41) is 0. The Morgan fingerprint density at radius 3 is 3.27 bits per heavy atom. The molecule has 1 unspecified atom stereocenters. The Morgan fingerprint density at radius 2 is 2.53 bits per heavy atom. The Bertz CT molecular complexity index is 365. The molecule has 2 N–H and O–H groups in total.